The second kappa shape index (κ2) is 7.90. The van der Waals surface area contributed by atoms with Crippen LogP contribution in [0.2, 0.25) is 0 Å². The van der Waals surface area contributed by atoms with E-state index in [2.05, 4.69) is 10.2 Å². The Balaban J connectivity index is 1.48. The van der Waals surface area contributed by atoms with E-state index in [-0.39, 0.29) is 17.9 Å². The van der Waals surface area contributed by atoms with Crippen LogP contribution in [0.1, 0.15) is 22.5 Å². The summed E-state index contributed by atoms with van der Waals surface area (Å²) in [6, 6.07) is 3.36. The number of ether oxygens (including phenoxy) is 1. The molecule has 2 saturated heterocycles. The third-order valence-corrected chi connectivity index (χ3v) is 5.24. The zero-order chi connectivity index (χ0) is 16.1. The van der Waals surface area contributed by atoms with E-state index >= 15 is 0 Å². The van der Waals surface area contributed by atoms with Gasteiger partial charge in [0.15, 0.2) is 0 Å². The molecular weight excluding hydrogens is 314 g/mol. The lowest BCUT2D eigenvalue weighted by molar-refractivity contribution is -0.124. The van der Waals surface area contributed by atoms with E-state index in [0.717, 1.165) is 45.7 Å². The van der Waals surface area contributed by atoms with Crippen molar-refractivity contribution in [2.45, 2.75) is 18.9 Å². The maximum atomic E-state index is 12.5. The normalized spacial score (nSPS) is 22.3. The molecular formula is C16H23N3O3S. The van der Waals surface area contributed by atoms with Crippen LogP contribution in [0, 0.1) is 0 Å². The SMILES string of the molecule is O=C(NCCN1CCOCC1)C1CCCN1C(=O)c1cccs1. The fourth-order valence-corrected chi connectivity index (χ4v) is 3.78. The summed E-state index contributed by atoms with van der Waals surface area (Å²) >= 11 is 1.43. The van der Waals surface area contributed by atoms with Crippen LogP contribution in [0.5, 0.6) is 0 Å². The zero-order valence-corrected chi connectivity index (χ0v) is 14.0. The van der Waals surface area contributed by atoms with Crippen LogP contribution in [-0.2, 0) is 9.53 Å². The largest absolute Gasteiger partial charge is 0.379 e. The zero-order valence-electron chi connectivity index (χ0n) is 13.2. The van der Waals surface area contributed by atoms with Gasteiger partial charge in [-0.25, -0.2) is 0 Å². The number of amides is 2. The Bertz CT molecular complexity index is 529. The minimum Gasteiger partial charge on any atom is -0.379 e. The molecule has 2 aliphatic heterocycles. The molecule has 1 unspecified atom stereocenters. The Hall–Kier alpha value is -1.44. The van der Waals surface area contributed by atoms with Gasteiger partial charge in [-0.05, 0) is 24.3 Å². The van der Waals surface area contributed by atoms with Crippen LogP contribution in [0.25, 0.3) is 0 Å². The number of likely N-dealkylation sites (tertiary alicyclic amines) is 1. The lowest BCUT2D eigenvalue weighted by atomic mass is 10.2. The molecule has 1 atom stereocenters. The maximum Gasteiger partial charge on any atom is 0.264 e. The predicted molar refractivity (Wildman–Crippen MR) is 88.6 cm³/mol. The molecule has 1 aromatic heterocycles. The van der Waals surface area contributed by atoms with Crippen LogP contribution in [0.3, 0.4) is 0 Å². The molecule has 23 heavy (non-hydrogen) atoms. The van der Waals surface area contributed by atoms with Gasteiger partial charge in [-0.15, -0.1) is 11.3 Å². The summed E-state index contributed by atoms with van der Waals surface area (Å²) in [6.45, 7) is 5.49. The van der Waals surface area contributed by atoms with E-state index in [0.29, 0.717) is 18.0 Å². The molecule has 3 rings (SSSR count). The van der Waals surface area contributed by atoms with Crippen molar-refractivity contribution in [1.82, 2.24) is 15.1 Å². The number of morpholine rings is 1. The third-order valence-electron chi connectivity index (χ3n) is 4.38. The van der Waals surface area contributed by atoms with Crippen LogP contribution >= 0.6 is 11.3 Å². The van der Waals surface area contributed by atoms with Crippen LogP contribution in [-0.4, -0.2) is 73.6 Å². The Labute approximate surface area is 140 Å². The fourth-order valence-electron chi connectivity index (χ4n) is 3.10. The van der Waals surface area contributed by atoms with E-state index in [4.69, 9.17) is 4.74 Å². The summed E-state index contributed by atoms with van der Waals surface area (Å²) < 4.78 is 5.31. The highest BCUT2D eigenvalue weighted by Gasteiger charge is 2.34. The molecule has 2 fully saturated rings. The van der Waals surface area contributed by atoms with E-state index in [1.165, 1.54) is 11.3 Å². The fraction of sp³-hybridized carbons (Fsp3) is 0.625. The highest BCUT2D eigenvalue weighted by atomic mass is 32.1. The van der Waals surface area contributed by atoms with Crippen molar-refractivity contribution in [3.8, 4) is 0 Å². The number of nitrogens with one attached hydrogen (secondary N) is 1. The van der Waals surface area contributed by atoms with Gasteiger partial charge in [-0.2, -0.15) is 0 Å². The minimum absolute atomic E-state index is 0.0224. The van der Waals surface area contributed by atoms with E-state index in [1.807, 2.05) is 17.5 Å². The summed E-state index contributed by atoms with van der Waals surface area (Å²) in [7, 11) is 0. The van der Waals surface area contributed by atoms with Crippen molar-refractivity contribution < 1.29 is 14.3 Å². The van der Waals surface area contributed by atoms with Gasteiger partial charge in [-0.1, -0.05) is 6.07 Å². The number of thiophene rings is 1. The molecule has 0 bridgehead atoms. The van der Waals surface area contributed by atoms with Crippen molar-refractivity contribution in [3.05, 3.63) is 22.4 Å². The van der Waals surface area contributed by atoms with Gasteiger partial charge in [0.05, 0.1) is 18.1 Å². The van der Waals surface area contributed by atoms with Crippen LogP contribution in [0.15, 0.2) is 17.5 Å². The number of hydrogen-bond donors (Lipinski definition) is 1. The number of carbonyl (C=O) groups excluding carboxylic acids is 2. The molecule has 0 aliphatic carbocycles. The van der Waals surface area contributed by atoms with Gasteiger partial charge < -0.3 is 15.0 Å². The number of carbonyl (C=O) groups is 2. The predicted octanol–water partition coefficient (Wildman–Crippen LogP) is 0.801. The Morgan fingerprint density at radius 2 is 2.13 bits per heavy atom. The lowest BCUT2D eigenvalue weighted by Crippen LogP contribution is -2.48. The van der Waals surface area contributed by atoms with E-state index in [9.17, 15) is 9.59 Å². The maximum absolute atomic E-state index is 12.5. The number of hydrogen-bond acceptors (Lipinski definition) is 5. The standard InChI is InChI=1S/C16H23N3O3S/c20-15(17-5-7-18-8-10-22-11-9-18)13-3-1-6-19(13)16(21)14-4-2-12-23-14/h2,4,12-13H,1,3,5-11H2,(H,17,20). The van der Waals surface area contributed by atoms with Gasteiger partial charge in [-0.3, -0.25) is 14.5 Å². The summed E-state index contributed by atoms with van der Waals surface area (Å²) in [5.74, 6) is -0.0495. The van der Waals surface area contributed by atoms with Crippen molar-refractivity contribution in [2.24, 2.45) is 0 Å². The quantitative estimate of drug-likeness (QED) is 0.863. The first-order valence-electron chi connectivity index (χ1n) is 8.18. The van der Waals surface area contributed by atoms with Crippen molar-refractivity contribution >= 4 is 23.2 Å². The first-order valence-corrected chi connectivity index (χ1v) is 9.06. The molecule has 3 heterocycles. The molecule has 2 amide bonds. The van der Waals surface area contributed by atoms with E-state index in [1.54, 1.807) is 4.90 Å². The lowest BCUT2D eigenvalue weighted by Gasteiger charge is -2.27. The minimum atomic E-state index is -0.325. The number of rotatable bonds is 5. The van der Waals surface area contributed by atoms with Crippen molar-refractivity contribution in [3.63, 3.8) is 0 Å². The molecule has 2 aliphatic rings. The molecule has 6 nitrogen and oxygen atoms in total. The Morgan fingerprint density at radius 3 is 2.87 bits per heavy atom. The molecule has 0 aromatic carbocycles. The monoisotopic (exact) mass is 337 g/mol. The molecule has 0 saturated carbocycles. The average molecular weight is 337 g/mol. The van der Waals surface area contributed by atoms with Crippen LogP contribution < -0.4 is 5.32 Å². The third kappa shape index (κ3) is 4.10. The smallest absolute Gasteiger partial charge is 0.264 e. The van der Waals surface area contributed by atoms with E-state index < -0.39 is 0 Å². The average Bonchev–Trinajstić information content (AvgIpc) is 3.27. The molecule has 7 heteroatoms. The van der Waals surface area contributed by atoms with Gasteiger partial charge in [0.25, 0.3) is 5.91 Å². The van der Waals surface area contributed by atoms with Gasteiger partial charge in [0.1, 0.15) is 6.04 Å². The second-order valence-corrected chi connectivity index (χ2v) is 6.83. The summed E-state index contributed by atoms with van der Waals surface area (Å²) in [5.41, 5.74) is 0. The molecule has 126 valence electrons. The summed E-state index contributed by atoms with van der Waals surface area (Å²) in [4.78, 5) is 29.6. The number of nitrogens with zero attached hydrogens (tertiary/aromatic N) is 2. The van der Waals surface area contributed by atoms with Gasteiger partial charge in [0, 0.05) is 32.7 Å². The van der Waals surface area contributed by atoms with Crippen LogP contribution in [0.4, 0.5) is 0 Å². The Morgan fingerprint density at radius 1 is 1.30 bits per heavy atom. The second-order valence-electron chi connectivity index (χ2n) is 5.88. The van der Waals surface area contributed by atoms with Gasteiger partial charge >= 0.3 is 0 Å². The molecule has 1 aromatic rings. The van der Waals surface area contributed by atoms with Gasteiger partial charge in [0.2, 0.25) is 5.91 Å². The van der Waals surface area contributed by atoms with Crippen molar-refractivity contribution in [1.29, 1.82) is 0 Å². The highest BCUT2D eigenvalue weighted by Crippen LogP contribution is 2.22. The Kier molecular flexibility index (Phi) is 5.64. The topological polar surface area (TPSA) is 61.9 Å². The van der Waals surface area contributed by atoms with Crippen molar-refractivity contribution in [2.75, 3.05) is 45.9 Å². The first kappa shape index (κ1) is 16.4. The summed E-state index contributed by atoms with van der Waals surface area (Å²) in [6.07, 6.45) is 1.64. The molecule has 1 N–H and O–H groups in total. The summed E-state index contributed by atoms with van der Waals surface area (Å²) in [5, 5.41) is 4.88. The molecule has 0 spiro atoms. The highest BCUT2D eigenvalue weighted by molar-refractivity contribution is 7.12. The molecule has 0 radical (unpaired) electrons. The first-order chi connectivity index (χ1) is 11.3.